The maximum atomic E-state index is 5.76. The predicted molar refractivity (Wildman–Crippen MR) is 84.0 cm³/mol. The summed E-state index contributed by atoms with van der Waals surface area (Å²) in [5, 5.41) is 0. The van der Waals surface area contributed by atoms with Gasteiger partial charge in [-0.3, -0.25) is 5.84 Å². The molecule has 2 aromatic carbocycles. The molecule has 0 spiro atoms. The minimum Gasteiger partial charge on any atom is -0.271 e. The second-order valence-electron chi connectivity index (χ2n) is 5.03. The molecule has 2 rings (SSSR count). The molecule has 0 saturated carbocycles. The van der Waals surface area contributed by atoms with Gasteiger partial charge in [0.2, 0.25) is 0 Å². The normalized spacial score (nSPS) is 12.5. The summed E-state index contributed by atoms with van der Waals surface area (Å²) in [6.07, 6.45) is 0. The highest BCUT2D eigenvalue weighted by Crippen LogP contribution is 2.27. The Morgan fingerprint density at radius 2 is 1.58 bits per heavy atom. The van der Waals surface area contributed by atoms with E-state index in [0.717, 1.165) is 10.0 Å². The Balaban J connectivity index is 2.46. The van der Waals surface area contributed by atoms with Crippen molar-refractivity contribution in [2.75, 3.05) is 0 Å². The highest BCUT2D eigenvalue weighted by atomic mass is 79.9. The Hall–Kier alpha value is -1.16. The molecule has 0 aromatic heterocycles. The van der Waals surface area contributed by atoms with Gasteiger partial charge >= 0.3 is 0 Å². The molecule has 2 aromatic rings. The Labute approximate surface area is 123 Å². The largest absolute Gasteiger partial charge is 0.271 e. The zero-order valence-corrected chi connectivity index (χ0v) is 13.1. The maximum Gasteiger partial charge on any atom is 0.0710 e. The summed E-state index contributed by atoms with van der Waals surface area (Å²) in [4.78, 5) is 0. The lowest BCUT2D eigenvalue weighted by molar-refractivity contribution is 0.635. The number of hydrazine groups is 1. The second kappa shape index (κ2) is 5.87. The van der Waals surface area contributed by atoms with E-state index < -0.39 is 0 Å². The lowest BCUT2D eigenvalue weighted by atomic mass is 9.95. The van der Waals surface area contributed by atoms with E-state index in [1.165, 1.54) is 22.3 Å². The highest BCUT2D eigenvalue weighted by Gasteiger charge is 2.13. The van der Waals surface area contributed by atoms with E-state index in [-0.39, 0.29) is 6.04 Å². The second-order valence-corrected chi connectivity index (χ2v) is 5.88. The number of nitrogens with two attached hydrogens (primary N) is 1. The van der Waals surface area contributed by atoms with Gasteiger partial charge in [0, 0.05) is 4.47 Å². The molecule has 3 heteroatoms. The van der Waals surface area contributed by atoms with Gasteiger partial charge in [-0.25, -0.2) is 5.43 Å². The van der Waals surface area contributed by atoms with E-state index in [4.69, 9.17) is 5.84 Å². The van der Waals surface area contributed by atoms with E-state index in [1.807, 2.05) is 0 Å². The summed E-state index contributed by atoms with van der Waals surface area (Å²) in [6, 6.07) is 12.9. The number of rotatable bonds is 3. The Morgan fingerprint density at radius 1 is 0.947 bits per heavy atom. The van der Waals surface area contributed by atoms with Gasteiger partial charge in [-0.05, 0) is 43.5 Å². The number of hydrogen-bond acceptors (Lipinski definition) is 2. The number of aryl methyl sites for hydroxylation is 3. The van der Waals surface area contributed by atoms with Gasteiger partial charge in [-0.15, -0.1) is 0 Å². The molecule has 0 bridgehead atoms. The maximum absolute atomic E-state index is 5.76. The summed E-state index contributed by atoms with van der Waals surface area (Å²) in [5.41, 5.74) is 8.99. The van der Waals surface area contributed by atoms with Crippen LogP contribution in [0.5, 0.6) is 0 Å². The van der Waals surface area contributed by atoms with Crippen molar-refractivity contribution in [3.05, 3.63) is 68.7 Å². The van der Waals surface area contributed by atoms with Crippen LogP contribution in [0.15, 0.2) is 40.9 Å². The Bertz CT molecular complexity index is 573. The van der Waals surface area contributed by atoms with Gasteiger partial charge in [0.25, 0.3) is 0 Å². The van der Waals surface area contributed by atoms with Gasteiger partial charge in [0.15, 0.2) is 0 Å². The van der Waals surface area contributed by atoms with Crippen LogP contribution in [0.25, 0.3) is 0 Å². The van der Waals surface area contributed by atoms with Crippen molar-refractivity contribution in [3.8, 4) is 0 Å². The Kier molecular flexibility index (Phi) is 4.40. The average Bonchev–Trinajstić information content (AvgIpc) is 2.33. The average molecular weight is 319 g/mol. The van der Waals surface area contributed by atoms with Gasteiger partial charge in [-0.2, -0.15) is 0 Å². The lowest BCUT2D eigenvalue weighted by Crippen LogP contribution is -2.29. The molecule has 19 heavy (non-hydrogen) atoms. The van der Waals surface area contributed by atoms with Crippen molar-refractivity contribution in [1.82, 2.24) is 5.43 Å². The van der Waals surface area contributed by atoms with E-state index in [1.54, 1.807) is 0 Å². The SMILES string of the molecule is Cc1cc(C)cc(C(NN)c2ccc(C)c(Br)c2)c1. The first-order valence-corrected chi connectivity index (χ1v) is 7.11. The minimum absolute atomic E-state index is 0.00972. The fourth-order valence-electron chi connectivity index (χ4n) is 2.35. The molecular formula is C16H19BrN2. The predicted octanol–water partition coefficient (Wildman–Crippen LogP) is 3.93. The third-order valence-corrected chi connectivity index (χ3v) is 4.13. The number of hydrogen-bond donors (Lipinski definition) is 2. The minimum atomic E-state index is 0.00972. The molecular weight excluding hydrogens is 300 g/mol. The molecule has 0 aliphatic carbocycles. The first-order valence-electron chi connectivity index (χ1n) is 6.31. The van der Waals surface area contributed by atoms with Crippen LogP contribution in [0.4, 0.5) is 0 Å². The quantitative estimate of drug-likeness (QED) is 0.664. The standard InChI is InChI=1S/C16H19BrN2/c1-10-6-11(2)8-14(7-10)16(19-18)13-5-4-12(3)15(17)9-13/h4-9,16,19H,18H2,1-3H3. The van der Waals surface area contributed by atoms with Crippen LogP contribution in [0, 0.1) is 20.8 Å². The van der Waals surface area contributed by atoms with E-state index >= 15 is 0 Å². The summed E-state index contributed by atoms with van der Waals surface area (Å²) < 4.78 is 1.11. The van der Waals surface area contributed by atoms with Crippen molar-refractivity contribution in [1.29, 1.82) is 0 Å². The number of nitrogens with one attached hydrogen (secondary N) is 1. The topological polar surface area (TPSA) is 38.0 Å². The number of halogens is 1. The van der Waals surface area contributed by atoms with E-state index in [0.29, 0.717) is 0 Å². The van der Waals surface area contributed by atoms with Crippen molar-refractivity contribution in [3.63, 3.8) is 0 Å². The molecule has 0 fully saturated rings. The smallest absolute Gasteiger partial charge is 0.0710 e. The van der Waals surface area contributed by atoms with Crippen LogP contribution >= 0.6 is 15.9 Å². The summed E-state index contributed by atoms with van der Waals surface area (Å²) in [7, 11) is 0. The van der Waals surface area contributed by atoms with E-state index in [9.17, 15) is 0 Å². The van der Waals surface area contributed by atoms with Gasteiger partial charge in [-0.1, -0.05) is 57.4 Å². The summed E-state index contributed by atoms with van der Waals surface area (Å²) in [5.74, 6) is 5.76. The zero-order chi connectivity index (χ0) is 14.0. The molecule has 0 heterocycles. The first kappa shape index (κ1) is 14.3. The first-order chi connectivity index (χ1) is 9.01. The molecule has 2 nitrogen and oxygen atoms in total. The van der Waals surface area contributed by atoms with Crippen molar-refractivity contribution >= 4 is 15.9 Å². The van der Waals surface area contributed by atoms with Crippen LogP contribution in [-0.4, -0.2) is 0 Å². The third kappa shape index (κ3) is 3.24. The fraction of sp³-hybridized carbons (Fsp3) is 0.250. The molecule has 3 N–H and O–H groups in total. The van der Waals surface area contributed by atoms with Gasteiger partial charge < -0.3 is 0 Å². The van der Waals surface area contributed by atoms with Crippen molar-refractivity contribution in [2.24, 2.45) is 5.84 Å². The monoisotopic (exact) mass is 318 g/mol. The third-order valence-electron chi connectivity index (χ3n) is 3.27. The fourth-order valence-corrected chi connectivity index (χ4v) is 2.75. The highest BCUT2D eigenvalue weighted by molar-refractivity contribution is 9.10. The molecule has 0 amide bonds. The van der Waals surface area contributed by atoms with E-state index in [2.05, 4.69) is 78.5 Å². The van der Waals surface area contributed by atoms with Gasteiger partial charge in [0.05, 0.1) is 6.04 Å². The van der Waals surface area contributed by atoms with Crippen LogP contribution in [-0.2, 0) is 0 Å². The lowest BCUT2D eigenvalue weighted by Gasteiger charge is -2.19. The van der Waals surface area contributed by atoms with Crippen LogP contribution in [0.2, 0.25) is 0 Å². The van der Waals surface area contributed by atoms with Crippen molar-refractivity contribution < 1.29 is 0 Å². The summed E-state index contributed by atoms with van der Waals surface area (Å²) >= 11 is 3.58. The molecule has 100 valence electrons. The molecule has 0 radical (unpaired) electrons. The van der Waals surface area contributed by atoms with Gasteiger partial charge in [0.1, 0.15) is 0 Å². The molecule has 0 aliphatic heterocycles. The zero-order valence-electron chi connectivity index (χ0n) is 11.5. The molecule has 0 aliphatic rings. The molecule has 1 unspecified atom stereocenters. The van der Waals surface area contributed by atoms with Crippen LogP contribution in [0.1, 0.15) is 33.9 Å². The molecule has 0 saturated heterocycles. The van der Waals surface area contributed by atoms with Crippen LogP contribution in [0.3, 0.4) is 0 Å². The molecule has 1 atom stereocenters. The Morgan fingerprint density at radius 3 is 2.11 bits per heavy atom. The summed E-state index contributed by atoms with van der Waals surface area (Å²) in [6.45, 7) is 6.29. The number of benzene rings is 2. The van der Waals surface area contributed by atoms with Crippen molar-refractivity contribution in [2.45, 2.75) is 26.8 Å². The van der Waals surface area contributed by atoms with Crippen LogP contribution < -0.4 is 11.3 Å².